The Labute approximate surface area is 104 Å². The summed E-state index contributed by atoms with van der Waals surface area (Å²) in [6.45, 7) is 3.84. The topological polar surface area (TPSA) is 73.4 Å². The molecule has 0 aliphatic rings. The highest BCUT2D eigenvalue weighted by Crippen LogP contribution is 1.95. The van der Waals surface area contributed by atoms with E-state index in [0.29, 0.717) is 18.8 Å². The molecule has 2 aromatic rings. The molecular weight excluding hydrogens is 234 g/mol. The van der Waals surface area contributed by atoms with Crippen LogP contribution in [0.4, 0.5) is 0 Å². The molecule has 0 amide bonds. The minimum Gasteiger partial charge on any atom is -0.383 e. The van der Waals surface area contributed by atoms with E-state index < -0.39 is 0 Å². The van der Waals surface area contributed by atoms with E-state index in [1.807, 2.05) is 6.92 Å². The minimum atomic E-state index is -0.161. The highest BCUT2D eigenvalue weighted by atomic mass is 16.5. The Morgan fingerprint density at radius 2 is 2.39 bits per heavy atom. The van der Waals surface area contributed by atoms with Crippen LogP contribution in [0.1, 0.15) is 6.92 Å². The van der Waals surface area contributed by atoms with Crippen LogP contribution in [0.5, 0.6) is 0 Å². The molecule has 98 valence electrons. The zero-order valence-electron chi connectivity index (χ0n) is 10.5. The molecule has 0 aliphatic heterocycles. The van der Waals surface area contributed by atoms with Gasteiger partial charge >= 0.3 is 5.69 Å². The predicted octanol–water partition coefficient (Wildman–Crippen LogP) is -0.484. The van der Waals surface area contributed by atoms with Gasteiger partial charge in [-0.15, -0.1) is 5.10 Å². The third-order valence-corrected chi connectivity index (χ3v) is 2.64. The van der Waals surface area contributed by atoms with Gasteiger partial charge in [0, 0.05) is 19.5 Å². The van der Waals surface area contributed by atoms with Crippen molar-refractivity contribution in [2.24, 2.45) is 0 Å². The van der Waals surface area contributed by atoms with Crippen LogP contribution in [0.3, 0.4) is 0 Å². The smallest absolute Gasteiger partial charge is 0.350 e. The van der Waals surface area contributed by atoms with Crippen molar-refractivity contribution in [3.8, 4) is 0 Å². The van der Waals surface area contributed by atoms with Gasteiger partial charge < -0.3 is 10.1 Å². The van der Waals surface area contributed by atoms with E-state index in [2.05, 4.69) is 15.4 Å². The first-order valence-corrected chi connectivity index (χ1v) is 5.87. The molecule has 0 bridgehead atoms. The molecule has 0 fully saturated rings. The normalized spacial score (nSPS) is 13.0. The summed E-state index contributed by atoms with van der Waals surface area (Å²) >= 11 is 0. The number of likely N-dealkylation sites (N-methyl/N-ethyl adjacent to an activating group) is 1. The average Bonchev–Trinajstić information content (AvgIpc) is 2.68. The molecule has 0 saturated heterocycles. The maximum Gasteiger partial charge on any atom is 0.350 e. The van der Waals surface area contributed by atoms with Gasteiger partial charge in [-0.2, -0.15) is 0 Å². The van der Waals surface area contributed by atoms with Gasteiger partial charge in [-0.05, 0) is 6.54 Å². The molecule has 2 heterocycles. The van der Waals surface area contributed by atoms with Crippen LogP contribution in [0.25, 0.3) is 5.65 Å². The van der Waals surface area contributed by atoms with Gasteiger partial charge in [0.1, 0.15) is 0 Å². The van der Waals surface area contributed by atoms with Crippen molar-refractivity contribution in [2.75, 3.05) is 20.3 Å². The third-order valence-electron chi connectivity index (χ3n) is 2.64. The van der Waals surface area contributed by atoms with Gasteiger partial charge in [0.15, 0.2) is 5.65 Å². The summed E-state index contributed by atoms with van der Waals surface area (Å²) in [4.78, 5) is 16.0. The van der Waals surface area contributed by atoms with Crippen LogP contribution >= 0.6 is 0 Å². The van der Waals surface area contributed by atoms with Crippen molar-refractivity contribution >= 4 is 5.65 Å². The molecule has 1 atom stereocenters. The minimum absolute atomic E-state index is 0.0653. The summed E-state index contributed by atoms with van der Waals surface area (Å²) in [7, 11) is 1.64. The van der Waals surface area contributed by atoms with E-state index in [9.17, 15) is 4.79 Å². The molecule has 1 unspecified atom stereocenters. The summed E-state index contributed by atoms with van der Waals surface area (Å²) < 4.78 is 8.03. The zero-order valence-corrected chi connectivity index (χ0v) is 10.5. The van der Waals surface area contributed by atoms with Crippen LogP contribution in [0.15, 0.2) is 23.4 Å². The number of aromatic nitrogens is 4. The first-order chi connectivity index (χ1) is 8.76. The van der Waals surface area contributed by atoms with Gasteiger partial charge in [-0.3, -0.25) is 4.98 Å². The Hall–Kier alpha value is -1.73. The largest absolute Gasteiger partial charge is 0.383 e. The van der Waals surface area contributed by atoms with Crippen LogP contribution < -0.4 is 11.0 Å². The van der Waals surface area contributed by atoms with Crippen molar-refractivity contribution in [3.05, 3.63) is 29.1 Å². The average molecular weight is 251 g/mol. The molecule has 0 saturated carbocycles. The van der Waals surface area contributed by atoms with Gasteiger partial charge in [-0.25, -0.2) is 13.9 Å². The lowest BCUT2D eigenvalue weighted by Crippen LogP contribution is -2.39. The fourth-order valence-corrected chi connectivity index (χ4v) is 1.87. The number of fused-ring (bicyclic) bond motifs is 1. The Kier molecular flexibility index (Phi) is 4.06. The number of methoxy groups -OCH3 is 1. The maximum atomic E-state index is 12.0. The fourth-order valence-electron chi connectivity index (χ4n) is 1.87. The van der Waals surface area contributed by atoms with Crippen molar-refractivity contribution in [3.63, 3.8) is 0 Å². The monoisotopic (exact) mass is 251 g/mol. The summed E-state index contributed by atoms with van der Waals surface area (Å²) in [5.74, 6) is 0. The van der Waals surface area contributed by atoms with E-state index >= 15 is 0 Å². The Bertz CT molecular complexity index is 556. The molecule has 18 heavy (non-hydrogen) atoms. The Morgan fingerprint density at radius 1 is 1.56 bits per heavy atom. The van der Waals surface area contributed by atoms with Crippen LogP contribution in [-0.2, 0) is 11.3 Å². The van der Waals surface area contributed by atoms with Crippen molar-refractivity contribution in [1.29, 1.82) is 0 Å². The number of hydrogen-bond acceptors (Lipinski definition) is 5. The van der Waals surface area contributed by atoms with Crippen LogP contribution in [0.2, 0.25) is 0 Å². The van der Waals surface area contributed by atoms with E-state index in [4.69, 9.17) is 4.74 Å². The molecule has 7 heteroatoms. The standard InChI is InChI=1S/C11H17N5O2/c1-3-13-9(8-18-2)7-16-11(17)15-5-4-12-6-10(15)14-16/h4-6,9,13H,3,7-8H2,1-2H3. The fraction of sp³-hybridized carbons (Fsp3) is 0.545. The van der Waals surface area contributed by atoms with Gasteiger partial charge in [-0.1, -0.05) is 6.92 Å². The lowest BCUT2D eigenvalue weighted by molar-refractivity contribution is 0.157. The van der Waals surface area contributed by atoms with Crippen LogP contribution in [-0.4, -0.2) is 45.5 Å². The van der Waals surface area contributed by atoms with E-state index in [-0.39, 0.29) is 11.7 Å². The quantitative estimate of drug-likeness (QED) is 0.750. The molecule has 0 aromatic carbocycles. The van der Waals surface area contributed by atoms with Crippen molar-refractivity contribution in [2.45, 2.75) is 19.5 Å². The highest BCUT2D eigenvalue weighted by molar-refractivity contribution is 5.31. The predicted molar refractivity (Wildman–Crippen MR) is 66.6 cm³/mol. The molecule has 0 aliphatic carbocycles. The second-order valence-corrected chi connectivity index (χ2v) is 3.98. The zero-order chi connectivity index (χ0) is 13.0. The van der Waals surface area contributed by atoms with E-state index in [1.54, 1.807) is 25.7 Å². The van der Waals surface area contributed by atoms with Crippen molar-refractivity contribution in [1.82, 2.24) is 24.5 Å². The first kappa shape index (κ1) is 12.7. The lowest BCUT2D eigenvalue weighted by atomic mass is 10.3. The van der Waals surface area contributed by atoms with Crippen molar-refractivity contribution < 1.29 is 4.74 Å². The molecule has 0 spiro atoms. The van der Waals surface area contributed by atoms with E-state index in [0.717, 1.165) is 6.54 Å². The molecule has 0 radical (unpaired) electrons. The Morgan fingerprint density at radius 3 is 3.06 bits per heavy atom. The molecule has 7 nitrogen and oxygen atoms in total. The molecule has 2 rings (SSSR count). The van der Waals surface area contributed by atoms with Gasteiger partial charge in [0.2, 0.25) is 0 Å². The number of rotatable bonds is 6. The molecule has 1 N–H and O–H groups in total. The van der Waals surface area contributed by atoms with Gasteiger partial charge in [0.05, 0.1) is 25.4 Å². The SMILES string of the molecule is CCNC(COC)Cn1nc2cnccn2c1=O. The number of ether oxygens (including phenoxy) is 1. The van der Waals surface area contributed by atoms with E-state index in [1.165, 1.54) is 9.08 Å². The number of nitrogens with zero attached hydrogens (tertiary/aromatic N) is 4. The summed E-state index contributed by atoms with van der Waals surface area (Å²) in [6.07, 6.45) is 4.74. The second-order valence-electron chi connectivity index (χ2n) is 3.98. The van der Waals surface area contributed by atoms with Gasteiger partial charge in [0.25, 0.3) is 0 Å². The molecular formula is C11H17N5O2. The number of nitrogens with one attached hydrogen (secondary N) is 1. The summed E-state index contributed by atoms with van der Waals surface area (Å²) in [5, 5.41) is 7.48. The lowest BCUT2D eigenvalue weighted by Gasteiger charge is -2.15. The summed E-state index contributed by atoms with van der Waals surface area (Å²) in [6, 6.07) is 0.0653. The third kappa shape index (κ3) is 2.57. The Balaban J connectivity index is 2.25. The van der Waals surface area contributed by atoms with Crippen LogP contribution in [0, 0.1) is 0 Å². The number of hydrogen-bond donors (Lipinski definition) is 1. The second kappa shape index (κ2) is 5.74. The first-order valence-electron chi connectivity index (χ1n) is 5.87. The summed E-state index contributed by atoms with van der Waals surface area (Å²) in [5.41, 5.74) is 0.390. The molecule has 2 aromatic heterocycles. The maximum absolute atomic E-state index is 12.0. The highest BCUT2D eigenvalue weighted by Gasteiger charge is 2.12.